The Hall–Kier alpha value is -2.19. The number of hydrogen-bond donors (Lipinski definition) is 0. The summed E-state index contributed by atoms with van der Waals surface area (Å²) < 4.78 is 43.5. The monoisotopic (exact) mass is 357 g/mol. The highest BCUT2D eigenvalue weighted by atomic mass is 35.5. The van der Waals surface area contributed by atoms with E-state index in [-0.39, 0.29) is 5.69 Å². The molecule has 3 rings (SSSR count). The first-order chi connectivity index (χ1) is 10.9. The Labute approximate surface area is 137 Å². The smallest absolute Gasteiger partial charge is 0.348 e. The van der Waals surface area contributed by atoms with E-state index in [9.17, 15) is 13.2 Å². The predicted octanol–water partition coefficient (Wildman–Crippen LogP) is 6.49. The Bertz CT molecular complexity index is 826. The van der Waals surface area contributed by atoms with Crippen molar-refractivity contribution in [3.05, 3.63) is 52.6 Å². The molecule has 9 heteroatoms. The van der Waals surface area contributed by atoms with Crippen LogP contribution in [0.25, 0.3) is 10.6 Å². The van der Waals surface area contributed by atoms with Gasteiger partial charge >= 0.3 is 6.18 Å². The van der Waals surface area contributed by atoms with Crippen LogP contribution in [0.4, 0.5) is 24.5 Å². The molecule has 0 saturated carbocycles. The average molecular weight is 358 g/mol. The van der Waals surface area contributed by atoms with Crippen LogP contribution in [0.3, 0.4) is 0 Å². The third-order valence-electron chi connectivity index (χ3n) is 2.77. The van der Waals surface area contributed by atoms with Crippen LogP contribution in [0.2, 0.25) is 5.02 Å². The summed E-state index contributed by atoms with van der Waals surface area (Å²) in [6.07, 6.45) is -4.71. The van der Waals surface area contributed by atoms with E-state index in [0.717, 1.165) is 0 Å². The zero-order valence-electron chi connectivity index (χ0n) is 11.2. The van der Waals surface area contributed by atoms with Gasteiger partial charge in [0.2, 0.25) is 0 Å². The minimum atomic E-state index is -4.71. The first-order valence-electron chi connectivity index (χ1n) is 6.23. The predicted molar refractivity (Wildman–Crippen MR) is 80.4 cm³/mol. The number of nitrogens with zero attached hydrogens (tertiary/aromatic N) is 3. The molecule has 0 aliphatic rings. The van der Waals surface area contributed by atoms with Crippen LogP contribution >= 0.6 is 22.9 Å². The summed E-state index contributed by atoms with van der Waals surface area (Å²) in [7, 11) is 0. The lowest BCUT2D eigenvalue weighted by Gasteiger charge is -2.01. The quantitative estimate of drug-likeness (QED) is 0.503. The molecule has 2 heterocycles. The molecule has 4 nitrogen and oxygen atoms in total. The topological polar surface area (TPSA) is 50.8 Å². The first kappa shape index (κ1) is 15.7. The SMILES string of the molecule is FC(F)(F)c1onc(-c2cccs2)c1N=Nc1ccc(Cl)cc1. The van der Waals surface area contributed by atoms with Crippen molar-refractivity contribution in [1.29, 1.82) is 0 Å². The summed E-state index contributed by atoms with van der Waals surface area (Å²) in [5, 5.41) is 13.2. The molecular formula is C14H7ClF3N3OS. The Balaban J connectivity index is 2.05. The molecule has 2 aromatic heterocycles. The van der Waals surface area contributed by atoms with Crippen LogP contribution in [0.15, 0.2) is 56.5 Å². The van der Waals surface area contributed by atoms with Gasteiger partial charge in [0.05, 0.1) is 10.6 Å². The average Bonchev–Trinajstić information content (AvgIpc) is 3.15. The van der Waals surface area contributed by atoms with E-state index in [1.165, 1.54) is 23.5 Å². The van der Waals surface area contributed by atoms with E-state index in [2.05, 4.69) is 19.9 Å². The standard InChI is InChI=1S/C14H7ClF3N3OS/c15-8-3-5-9(6-4-8)19-20-12-11(10-2-1-7-23-10)21-22-13(12)14(16,17)18/h1-7H. The van der Waals surface area contributed by atoms with E-state index >= 15 is 0 Å². The van der Waals surface area contributed by atoms with E-state index in [4.69, 9.17) is 11.6 Å². The summed E-state index contributed by atoms with van der Waals surface area (Å²) in [5.41, 5.74) is -0.0826. The van der Waals surface area contributed by atoms with Gasteiger partial charge in [-0.25, -0.2) is 0 Å². The molecule has 118 valence electrons. The lowest BCUT2D eigenvalue weighted by Crippen LogP contribution is -2.03. The van der Waals surface area contributed by atoms with Crippen molar-refractivity contribution in [2.45, 2.75) is 6.18 Å². The van der Waals surface area contributed by atoms with Crippen molar-refractivity contribution >= 4 is 34.3 Å². The summed E-state index contributed by atoms with van der Waals surface area (Å²) in [5.74, 6) is -1.28. The van der Waals surface area contributed by atoms with Gasteiger partial charge in [0, 0.05) is 5.02 Å². The van der Waals surface area contributed by atoms with Crippen LogP contribution in [-0.4, -0.2) is 5.16 Å². The largest absolute Gasteiger partial charge is 0.454 e. The van der Waals surface area contributed by atoms with Gasteiger partial charge in [0.15, 0.2) is 11.4 Å². The van der Waals surface area contributed by atoms with Crippen LogP contribution in [0, 0.1) is 0 Å². The molecule has 0 bridgehead atoms. The molecule has 1 aromatic carbocycles. The second-order valence-electron chi connectivity index (χ2n) is 4.36. The molecule has 0 aliphatic heterocycles. The van der Waals surface area contributed by atoms with Gasteiger partial charge in [-0.15, -0.1) is 16.5 Å². The van der Waals surface area contributed by atoms with Crippen molar-refractivity contribution in [2.24, 2.45) is 10.2 Å². The Morgan fingerprint density at radius 2 is 1.83 bits per heavy atom. The summed E-state index contributed by atoms with van der Waals surface area (Å²) >= 11 is 6.97. The maximum atomic E-state index is 13.0. The fourth-order valence-electron chi connectivity index (χ4n) is 1.75. The highest BCUT2D eigenvalue weighted by Crippen LogP contribution is 2.43. The molecule has 0 fully saturated rings. The van der Waals surface area contributed by atoms with Gasteiger partial charge in [-0.05, 0) is 35.7 Å². The third-order valence-corrected chi connectivity index (χ3v) is 3.90. The second-order valence-corrected chi connectivity index (χ2v) is 5.74. The molecule has 0 spiro atoms. The van der Waals surface area contributed by atoms with Crippen LogP contribution < -0.4 is 0 Å². The number of rotatable bonds is 3. The van der Waals surface area contributed by atoms with E-state index in [0.29, 0.717) is 15.6 Å². The Morgan fingerprint density at radius 3 is 2.43 bits per heavy atom. The van der Waals surface area contributed by atoms with Gasteiger partial charge in [-0.2, -0.15) is 18.3 Å². The molecule has 0 N–H and O–H groups in total. The highest BCUT2D eigenvalue weighted by Gasteiger charge is 2.41. The molecular weight excluding hydrogens is 351 g/mol. The third kappa shape index (κ3) is 3.43. The minimum Gasteiger partial charge on any atom is -0.348 e. The van der Waals surface area contributed by atoms with Crippen molar-refractivity contribution in [3.8, 4) is 10.6 Å². The van der Waals surface area contributed by atoms with E-state index in [1.54, 1.807) is 29.6 Å². The van der Waals surface area contributed by atoms with Gasteiger partial charge in [-0.3, -0.25) is 0 Å². The van der Waals surface area contributed by atoms with Crippen LogP contribution in [0.1, 0.15) is 5.76 Å². The number of hydrogen-bond acceptors (Lipinski definition) is 5. The fourth-order valence-corrected chi connectivity index (χ4v) is 2.59. The highest BCUT2D eigenvalue weighted by molar-refractivity contribution is 7.13. The maximum Gasteiger partial charge on any atom is 0.454 e. The molecule has 0 atom stereocenters. The van der Waals surface area contributed by atoms with Gasteiger partial charge < -0.3 is 4.52 Å². The zero-order valence-corrected chi connectivity index (χ0v) is 12.8. The molecule has 23 heavy (non-hydrogen) atoms. The molecule has 0 amide bonds. The van der Waals surface area contributed by atoms with Crippen LogP contribution in [0.5, 0.6) is 0 Å². The molecule has 0 saturated heterocycles. The van der Waals surface area contributed by atoms with Crippen LogP contribution in [-0.2, 0) is 6.18 Å². The normalized spacial score (nSPS) is 12.2. The Morgan fingerprint density at radius 1 is 1.09 bits per heavy atom. The second kappa shape index (κ2) is 6.13. The van der Waals surface area contributed by atoms with Crippen molar-refractivity contribution in [3.63, 3.8) is 0 Å². The van der Waals surface area contributed by atoms with E-state index in [1.807, 2.05) is 0 Å². The summed E-state index contributed by atoms with van der Waals surface area (Å²) in [6, 6.07) is 9.53. The maximum absolute atomic E-state index is 13.0. The number of halogens is 4. The molecule has 0 aliphatic carbocycles. The van der Waals surface area contributed by atoms with Gasteiger partial charge in [-0.1, -0.05) is 22.8 Å². The lowest BCUT2D eigenvalue weighted by molar-refractivity contribution is -0.154. The molecule has 0 radical (unpaired) electrons. The van der Waals surface area contributed by atoms with Crippen molar-refractivity contribution < 1.29 is 17.7 Å². The number of azo groups is 1. The van der Waals surface area contributed by atoms with E-state index < -0.39 is 17.6 Å². The number of aromatic nitrogens is 1. The first-order valence-corrected chi connectivity index (χ1v) is 7.49. The molecule has 0 unspecified atom stereocenters. The number of alkyl halides is 3. The zero-order chi connectivity index (χ0) is 16.4. The van der Waals surface area contributed by atoms with Gasteiger partial charge in [0.1, 0.15) is 0 Å². The fraction of sp³-hybridized carbons (Fsp3) is 0.0714. The minimum absolute atomic E-state index is 0.00467. The number of thiophene rings is 1. The summed E-state index contributed by atoms with van der Waals surface area (Å²) in [6.45, 7) is 0. The Kier molecular flexibility index (Phi) is 4.18. The van der Waals surface area contributed by atoms with Gasteiger partial charge in [0.25, 0.3) is 5.76 Å². The van der Waals surface area contributed by atoms with Crippen molar-refractivity contribution in [1.82, 2.24) is 5.16 Å². The number of benzene rings is 1. The summed E-state index contributed by atoms with van der Waals surface area (Å²) in [4.78, 5) is 0.509. The molecule has 3 aromatic rings. The lowest BCUT2D eigenvalue weighted by atomic mass is 10.2. The van der Waals surface area contributed by atoms with Crippen molar-refractivity contribution in [2.75, 3.05) is 0 Å².